The lowest BCUT2D eigenvalue weighted by Crippen LogP contribution is -2.03. The molecule has 106 valence electrons. The topological polar surface area (TPSA) is 41.6 Å². The summed E-state index contributed by atoms with van der Waals surface area (Å²) in [6.07, 6.45) is 0.933. The summed E-state index contributed by atoms with van der Waals surface area (Å²) in [5.41, 5.74) is 4.09. The Morgan fingerprint density at radius 2 is 1.80 bits per heavy atom. The average Bonchev–Trinajstić information content (AvgIpc) is 2.32. The molecule has 20 heavy (non-hydrogen) atoms. The van der Waals surface area contributed by atoms with E-state index >= 15 is 0 Å². The summed E-state index contributed by atoms with van der Waals surface area (Å²) in [7, 11) is 0. The number of pyridine rings is 1. The average molecular weight is 352 g/mol. The first-order valence-electron chi connectivity index (χ1n) is 6.61. The molecule has 0 amide bonds. The van der Waals surface area contributed by atoms with E-state index in [9.17, 15) is 0 Å². The molecule has 3 nitrogen and oxygen atoms in total. The first-order valence-corrected chi connectivity index (χ1v) is 7.81. The molecule has 2 aromatic heterocycles. The van der Waals surface area contributed by atoms with E-state index in [1.165, 1.54) is 0 Å². The van der Waals surface area contributed by atoms with Gasteiger partial charge in [0.1, 0.15) is 10.5 Å². The molecule has 0 saturated carbocycles. The van der Waals surface area contributed by atoms with Gasteiger partial charge in [-0.05, 0) is 54.2 Å². The standard InChI is InChI=1S/C15H18BrN3S/c1-8(2)5-12-13(16)15(20)19-14(18-12)11-6-9(3)17-10(4)7-11/h6-8H,5H2,1-4H3,(H,18,19,20). The predicted molar refractivity (Wildman–Crippen MR) is 88.4 cm³/mol. The maximum Gasteiger partial charge on any atom is 0.144 e. The molecule has 0 fully saturated rings. The highest BCUT2D eigenvalue weighted by atomic mass is 79.9. The van der Waals surface area contributed by atoms with Crippen molar-refractivity contribution in [3.8, 4) is 11.4 Å². The molecule has 2 heterocycles. The van der Waals surface area contributed by atoms with Gasteiger partial charge in [-0.3, -0.25) is 4.98 Å². The fourth-order valence-electron chi connectivity index (χ4n) is 2.16. The van der Waals surface area contributed by atoms with Crippen LogP contribution in [-0.4, -0.2) is 15.0 Å². The van der Waals surface area contributed by atoms with Crippen LogP contribution in [0.5, 0.6) is 0 Å². The first kappa shape index (κ1) is 15.3. The number of nitrogens with one attached hydrogen (secondary N) is 1. The lowest BCUT2D eigenvalue weighted by atomic mass is 10.1. The molecular weight excluding hydrogens is 334 g/mol. The molecule has 0 aromatic carbocycles. The molecule has 0 aliphatic rings. The molecule has 2 aromatic rings. The van der Waals surface area contributed by atoms with Crippen LogP contribution < -0.4 is 0 Å². The highest BCUT2D eigenvalue weighted by Gasteiger charge is 2.10. The van der Waals surface area contributed by atoms with Crippen LogP contribution in [0.4, 0.5) is 0 Å². The van der Waals surface area contributed by atoms with Crippen LogP contribution >= 0.6 is 28.1 Å². The van der Waals surface area contributed by atoms with E-state index < -0.39 is 0 Å². The maximum absolute atomic E-state index is 5.35. The number of aromatic nitrogens is 3. The Labute approximate surface area is 133 Å². The van der Waals surface area contributed by atoms with E-state index in [4.69, 9.17) is 12.2 Å². The molecule has 0 spiro atoms. The van der Waals surface area contributed by atoms with Crippen LogP contribution in [0.1, 0.15) is 30.9 Å². The number of halogens is 1. The normalized spacial score (nSPS) is 11.1. The largest absolute Gasteiger partial charge is 0.342 e. The van der Waals surface area contributed by atoms with Crippen LogP contribution in [0.2, 0.25) is 0 Å². The van der Waals surface area contributed by atoms with Gasteiger partial charge in [0, 0.05) is 22.6 Å². The molecule has 5 heteroatoms. The van der Waals surface area contributed by atoms with Crippen LogP contribution in [0.15, 0.2) is 16.6 Å². The van der Waals surface area contributed by atoms with Gasteiger partial charge in [0.25, 0.3) is 0 Å². The zero-order chi connectivity index (χ0) is 14.9. The Morgan fingerprint density at radius 3 is 2.35 bits per heavy atom. The monoisotopic (exact) mass is 351 g/mol. The summed E-state index contributed by atoms with van der Waals surface area (Å²) in [6.45, 7) is 8.34. The second-order valence-electron chi connectivity index (χ2n) is 5.42. The lowest BCUT2D eigenvalue weighted by molar-refractivity contribution is 0.632. The molecule has 0 radical (unpaired) electrons. The Bertz CT molecular complexity index is 672. The van der Waals surface area contributed by atoms with Crippen molar-refractivity contribution in [1.29, 1.82) is 0 Å². The number of aryl methyl sites for hydroxylation is 2. The van der Waals surface area contributed by atoms with Gasteiger partial charge in [0.2, 0.25) is 0 Å². The van der Waals surface area contributed by atoms with Crippen molar-refractivity contribution in [2.75, 3.05) is 0 Å². The summed E-state index contributed by atoms with van der Waals surface area (Å²) in [5.74, 6) is 1.36. The van der Waals surface area contributed by atoms with E-state index in [-0.39, 0.29) is 0 Å². The third-order valence-electron chi connectivity index (χ3n) is 2.90. The number of aromatic amines is 1. The smallest absolute Gasteiger partial charge is 0.144 e. The highest BCUT2D eigenvalue weighted by Crippen LogP contribution is 2.24. The van der Waals surface area contributed by atoms with Crippen molar-refractivity contribution >= 4 is 28.1 Å². The van der Waals surface area contributed by atoms with Gasteiger partial charge in [-0.1, -0.05) is 26.1 Å². The van der Waals surface area contributed by atoms with Gasteiger partial charge in [0.15, 0.2) is 0 Å². The van der Waals surface area contributed by atoms with Gasteiger partial charge in [-0.15, -0.1) is 0 Å². The predicted octanol–water partition coefficient (Wildman–Crippen LogP) is 4.78. The summed E-state index contributed by atoms with van der Waals surface area (Å²) >= 11 is 8.89. The van der Waals surface area contributed by atoms with Crippen LogP contribution in [0, 0.1) is 24.4 Å². The Balaban J connectivity index is 2.57. The zero-order valence-corrected chi connectivity index (χ0v) is 14.5. The van der Waals surface area contributed by atoms with Gasteiger partial charge >= 0.3 is 0 Å². The molecular formula is C15H18BrN3S. The fourth-order valence-corrected chi connectivity index (χ4v) is 2.73. The second kappa shape index (κ2) is 6.14. The Kier molecular flexibility index (Phi) is 4.70. The quantitative estimate of drug-likeness (QED) is 0.809. The Morgan fingerprint density at radius 1 is 1.20 bits per heavy atom. The van der Waals surface area contributed by atoms with Crippen molar-refractivity contribution in [2.24, 2.45) is 5.92 Å². The number of rotatable bonds is 3. The van der Waals surface area contributed by atoms with E-state index in [0.717, 1.165) is 39.4 Å². The van der Waals surface area contributed by atoms with Crippen molar-refractivity contribution < 1.29 is 0 Å². The summed E-state index contributed by atoms with van der Waals surface area (Å²) < 4.78 is 1.49. The van der Waals surface area contributed by atoms with Crippen LogP contribution in [0.25, 0.3) is 11.4 Å². The van der Waals surface area contributed by atoms with Crippen LogP contribution in [0.3, 0.4) is 0 Å². The fraction of sp³-hybridized carbons (Fsp3) is 0.400. The number of hydrogen-bond donors (Lipinski definition) is 1. The van der Waals surface area contributed by atoms with Gasteiger partial charge in [-0.2, -0.15) is 0 Å². The van der Waals surface area contributed by atoms with Gasteiger partial charge < -0.3 is 4.98 Å². The minimum Gasteiger partial charge on any atom is -0.342 e. The van der Waals surface area contributed by atoms with Crippen LogP contribution in [-0.2, 0) is 6.42 Å². The first-order chi connectivity index (χ1) is 9.36. The minimum absolute atomic E-state index is 0.549. The third-order valence-corrected chi connectivity index (χ3v) is 4.31. The molecule has 0 atom stereocenters. The molecule has 0 aliphatic carbocycles. The number of H-pyrrole nitrogens is 1. The van der Waals surface area contributed by atoms with Gasteiger partial charge in [-0.25, -0.2) is 4.98 Å². The molecule has 0 bridgehead atoms. The van der Waals surface area contributed by atoms with E-state index in [1.807, 2.05) is 26.0 Å². The van der Waals surface area contributed by atoms with E-state index in [0.29, 0.717) is 10.6 Å². The maximum atomic E-state index is 5.35. The van der Waals surface area contributed by atoms with Crippen molar-refractivity contribution in [3.63, 3.8) is 0 Å². The van der Waals surface area contributed by atoms with Crippen molar-refractivity contribution in [3.05, 3.63) is 38.3 Å². The number of nitrogens with zero attached hydrogens (tertiary/aromatic N) is 2. The van der Waals surface area contributed by atoms with E-state index in [2.05, 4.69) is 44.7 Å². The summed E-state index contributed by atoms with van der Waals surface area (Å²) in [4.78, 5) is 12.3. The summed E-state index contributed by atoms with van der Waals surface area (Å²) in [6, 6.07) is 4.04. The van der Waals surface area contributed by atoms with Crippen molar-refractivity contribution in [1.82, 2.24) is 15.0 Å². The third kappa shape index (κ3) is 3.52. The van der Waals surface area contributed by atoms with Crippen molar-refractivity contribution in [2.45, 2.75) is 34.1 Å². The van der Waals surface area contributed by atoms with Gasteiger partial charge in [0.05, 0.1) is 4.47 Å². The molecule has 0 saturated heterocycles. The zero-order valence-electron chi connectivity index (χ0n) is 12.1. The second-order valence-corrected chi connectivity index (χ2v) is 6.60. The SMILES string of the molecule is Cc1cc(-c2nc(=S)c(Br)c(CC(C)C)[nH]2)cc(C)n1. The summed E-state index contributed by atoms with van der Waals surface area (Å²) in [5, 5.41) is 0. The minimum atomic E-state index is 0.549. The number of hydrogen-bond acceptors (Lipinski definition) is 3. The lowest BCUT2D eigenvalue weighted by Gasteiger charge is -2.11. The molecule has 1 N–H and O–H groups in total. The highest BCUT2D eigenvalue weighted by molar-refractivity contribution is 9.10. The molecule has 0 unspecified atom stereocenters. The molecule has 2 rings (SSSR count). The Hall–Kier alpha value is -1.07. The van der Waals surface area contributed by atoms with E-state index in [1.54, 1.807) is 0 Å². The molecule has 0 aliphatic heterocycles.